The summed E-state index contributed by atoms with van der Waals surface area (Å²) in [5, 5.41) is 4.47. The average molecular weight is 362 g/mol. The fourth-order valence-electron chi connectivity index (χ4n) is 3.11. The number of pyridine rings is 1. The predicted molar refractivity (Wildman–Crippen MR) is 106 cm³/mol. The molecule has 0 saturated heterocycles. The fraction of sp³-hybridized carbons (Fsp3) is 0.0476. The van der Waals surface area contributed by atoms with Crippen LogP contribution in [-0.4, -0.2) is 15.9 Å². The minimum atomic E-state index is -0.109. The van der Waals surface area contributed by atoms with E-state index in [9.17, 15) is 4.79 Å². The number of fused-ring (bicyclic) bond motifs is 1. The van der Waals surface area contributed by atoms with Gasteiger partial charge in [-0.15, -0.1) is 0 Å². The summed E-state index contributed by atoms with van der Waals surface area (Å²) < 4.78 is 0. The second-order valence-corrected chi connectivity index (χ2v) is 6.48. The van der Waals surface area contributed by atoms with Gasteiger partial charge in [-0.05, 0) is 59.2 Å². The molecule has 5 heteroatoms. The van der Waals surface area contributed by atoms with Crippen LogP contribution in [0.4, 0.5) is 5.69 Å². The number of aromatic amines is 1. The maximum absolute atomic E-state index is 11.6. The predicted octanol–water partition coefficient (Wildman–Crippen LogP) is 5.51. The van der Waals surface area contributed by atoms with Crippen molar-refractivity contribution in [2.45, 2.75) is 6.92 Å². The number of nitrogens with one attached hydrogen (secondary N) is 2. The SMILES string of the molecule is CC(=O)Nc1cc(-c2ccc(Cl)nc2)cc(-c2cccc3[nH]ccc23)c1. The Bertz CT molecular complexity index is 1100. The van der Waals surface area contributed by atoms with Crippen LogP contribution in [0.25, 0.3) is 33.2 Å². The molecule has 0 atom stereocenters. The Morgan fingerprint density at radius 1 is 1.04 bits per heavy atom. The van der Waals surface area contributed by atoms with Gasteiger partial charge in [0.05, 0.1) is 0 Å². The summed E-state index contributed by atoms with van der Waals surface area (Å²) in [4.78, 5) is 19.0. The van der Waals surface area contributed by atoms with Crippen molar-refractivity contribution in [2.75, 3.05) is 5.32 Å². The molecule has 0 aliphatic rings. The minimum absolute atomic E-state index is 0.109. The summed E-state index contributed by atoms with van der Waals surface area (Å²) in [6.45, 7) is 1.50. The largest absolute Gasteiger partial charge is 0.361 e. The number of carbonyl (C=O) groups excluding carboxylic acids is 1. The van der Waals surface area contributed by atoms with E-state index < -0.39 is 0 Å². The second kappa shape index (κ2) is 6.65. The number of anilines is 1. The van der Waals surface area contributed by atoms with Crippen molar-refractivity contribution in [3.8, 4) is 22.3 Å². The molecule has 4 rings (SSSR count). The summed E-state index contributed by atoms with van der Waals surface area (Å²) >= 11 is 5.91. The van der Waals surface area contributed by atoms with Crippen LogP contribution in [-0.2, 0) is 4.79 Å². The van der Waals surface area contributed by atoms with Gasteiger partial charge >= 0.3 is 0 Å². The van der Waals surface area contributed by atoms with E-state index in [2.05, 4.69) is 33.5 Å². The van der Waals surface area contributed by atoms with Crippen LogP contribution in [0.2, 0.25) is 5.15 Å². The van der Waals surface area contributed by atoms with Crippen molar-refractivity contribution in [3.63, 3.8) is 0 Å². The number of aromatic nitrogens is 2. The van der Waals surface area contributed by atoms with Crippen LogP contribution < -0.4 is 5.32 Å². The van der Waals surface area contributed by atoms with Crippen molar-refractivity contribution in [2.24, 2.45) is 0 Å². The third kappa shape index (κ3) is 3.19. The molecule has 1 amide bonds. The molecule has 0 saturated carbocycles. The first-order chi connectivity index (χ1) is 12.6. The van der Waals surface area contributed by atoms with E-state index in [1.165, 1.54) is 6.92 Å². The fourth-order valence-corrected chi connectivity index (χ4v) is 3.22. The first kappa shape index (κ1) is 16.4. The van der Waals surface area contributed by atoms with E-state index in [4.69, 9.17) is 11.6 Å². The topological polar surface area (TPSA) is 57.8 Å². The molecule has 0 spiro atoms. The van der Waals surface area contributed by atoms with Gasteiger partial charge < -0.3 is 10.3 Å². The molecule has 0 aliphatic carbocycles. The Kier molecular flexibility index (Phi) is 4.19. The van der Waals surface area contributed by atoms with E-state index in [-0.39, 0.29) is 5.91 Å². The summed E-state index contributed by atoms with van der Waals surface area (Å²) in [6.07, 6.45) is 3.66. The van der Waals surface area contributed by atoms with Gasteiger partial charge in [0.15, 0.2) is 0 Å². The summed E-state index contributed by atoms with van der Waals surface area (Å²) in [6, 6.07) is 17.9. The monoisotopic (exact) mass is 361 g/mol. The number of nitrogens with zero attached hydrogens (tertiary/aromatic N) is 1. The Labute approximate surface area is 155 Å². The van der Waals surface area contributed by atoms with Gasteiger partial charge in [-0.1, -0.05) is 23.7 Å². The molecule has 0 radical (unpaired) electrons. The molecule has 2 aromatic carbocycles. The minimum Gasteiger partial charge on any atom is -0.361 e. The Morgan fingerprint density at radius 2 is 1.88 bits per heavy atom. The van der Waals surface area contributed by atoms with E-state index in [1.54, 1.807) is 12.3 Å². The van der Waals surface area contributed by atoms with Crippen LogP contribution in [0.1, 0.15) is 6.92 Å². The van der Waals surface area contributed by atoms with Crippen LogP contribution in [0, 0.1) is 0 Å². The average Bonchev–Trinajstić information content (AvgIpc) is 3.10. The Morgan fingerprint density at radius 3 is 2.65 bits per heavy atom. The van der Waals surface area contributed by atoms with Gasteiger partial charge in [-0.2, -0.15) is 0 Å². The van der Waals surface area contributed by atoms with Crippen molar-refractivity contribution < 1.29 is 4.79 Å². The third-order valence-electron chi connectivity index (χ3n) is 4.22. The van der Waals surface area contributed by atoms with Gasteiger partial charge in [0, 0.05) is 41.5 Å². The quantitative estimate of drug-likeness (QED) is 0.473. The highest BCUT2D eigenvalue weighted by Gasteiger charge is 2.10. The Balaban J connectivity index is 1.91. The van der Waals surface area contributed by atoms with Crippen molar-refractivity contribution in [1.29, 1.82) is 0 Å². The van der Waals surface area contributed by atoms with Crippen LogP contribution >= 0.6 is 11.6 Å². The number of carbonyl (C=O) groups is 1. The normalized spacial score (nSPS) is 10.8. The molecule has 0 aliphatic heterocycles. The molecule has 4 aromatic rings. The number of benzene rings is 2. The lowest BCUT2D eigenvalue weighted by atomic mass is 9.96. The molecule has 2 N–H and O–H groups in total. The molecule has 0 fully saturated rings. The third-order valence-corrected chi connectivity index (χ3v) is 4.44. The molecular weight excluding hydrogens is 346 g/mol. The number of amides is 1. The standard InChI is InChI=1S/C21H16ClN3O/c1-13(26)25-17-10-15(14-5-6-21(22)24-12-14)9-16(11-17)18-3-2-4-20-19(18)7-8-23-20/h2-12,23H,1H3,(H,25,26). The first-order valence-electron chi connectivity index (χ1n) is 8.21. The highest BCUT2D eigenvalue weighted by molar-refractivity contribution is 6.29. The maximum Gasteiger partial charge on any atom is 0.221 e. The molecule has 2 heterocycles. The van der Waals surface area contributed by atoms with E-state index in [0.717, 1.165) is 38.8 Å². The number of H-pyrrole nitrogens is 1. The molecule has 0 bridgehead atoms. The van der Waals surface area contributed by atoms with Crippen molar-refractivity contribution >= 4 is 34.1 Å². The van der Waals surface area contributed by atoms with E-state index in [1.807, 2.05) is 36.5 Å². The first-order valence-corrected chi connectivity index (χ1v) is 8.59. The number of halogens is 1. The zero-order valence-corrected chi connectivity index (χ0v) is 14.8. The molecule has 0 unspecified atom stereocenters. The number of rotatable bonds is 3. The van der Waals surface area contributed by atoms with Gasteiger partial charge in [-0.3, -0.25) is 4.79 Å². The molecule has 26 heavy (non-hydrogen) atoms. The van der Waals surface area contributed by atoms with Crippen LogP contribution in [0.5, 0.6) is 0 Å². The molecular formula is C21H16ClN3O. The van der Waals surface area contributed by atoms with E-state index in [0.29, 0.717) is 5.15 Å². The van der Waals surface area contributed by atoms with Crippen LogP contribution in [0.15, 0.2) is 67.0 Å². The van der Waals surface area contributed by atoms with E-state index >= 15 is 0 Å². The highest BCUT2D eigenvalue weighted by Crippen LogP contribution is 2.34. The second-order valence-electron chi connectivity index (χ2n) is 6.09. The zero-order valence-electron chi connectivity index (χ0n) is 14.1. The maximum atomic E-state index is 11.6. The Hall–Kier alpha value is -3.11. The summed E-state index contributed by atoms with van der Waals surface area (Å²) in [5.74, 6) is -0.109. The lowest BCUT2D eigenvalue weighted by Crippen LogP contribution is -2.06. The molecule has 2 aromatic heterocycles. The van der Waals surface area contributed by atoms with Gasteiger partial charge in [-0.25, -0.2) is 4.98 Å². The van der Waals surface area contributed by atoms with Crippen molar-refractivity contribution in [1.82, 2.24) is 9.97 Å². The lowest BCUT2D eigenvalue weighted by molar-refractivity contribution is -0.114. The van der Waals surface area contributed by atoms with Crippen LogP contribution in [0.3, 0.4) is 0 Å². The highest BCUT2D eigenvalue weighted by atomic mass is 35.5. The summed E-state index contributed by atoms with van der Waals surface area (Å²) in [5.41, 5.74) is 5.83. The molecule has 128 valence electrons. The summed E-state index contributed by atoms with van der Waals surface area (Å²) in [7, 11) is 0. The lowest BCUT2D eigenvalue weighted by Gasteiger charge is -2.12. The van der Waals surface area contributed by atoms with Gasteiger partial charge in [0.25, 0.3) is 0 Å². The smallest absolute Gasteiger partial charge is 0.221 e. The van der Waals surface area contributed by atoms with Crippen molar-refractivity contribution in [3.05, 3.63) is 72.1 Å². The van der Waals surface area contributed by atoms with Gasteiger partial charge in [0.2, 0.25) is 5.91 Å². The molecule has 4 nitrogen and oxygen atoms in total. The van der Waals surface area contributed by atoms with Gasteiger partial charge in [0.1, 0.15) is 5.15 Å². The zero-order chi connectivity index (χ0) is 18.1. The number of hydrogen-bond donors (Lipinski definition) is 2. The number of hydrogen-bond acceptors (Lipinski definition) is 2.